The number of nitrogens with zero attached hydrogens (tertiary/aromatic N) is 4. The van der Waals surface area contributed by atoms with Gasteiger partial charge in [-0.05, 0) is 29.2 Å². The van der Waals surface area contributed by atoms with E-state index in [1.54, 1.807) is 4.68 Å². The lowest BCUT2D eigenvalue weighted by Gasteiger charge is -2.42. The van der Waals surface area contributed by atoms with Crippen molar-refractivity contribution in [2.24, 2.45) is 18.7 Å². The van der Waals surface area contributed by atoms with E-state index in [1.165, 1.54) is 19.3 Å². The summed E-state index contributed by atoms with van der Waals surface area (Å²) in [5, 5.41) is 14.9. The van der Waals surface area contributed by atoms with Gasteiger partial charge < -0.3 is 11.1 Å². The van der Waals surface area contributed by atoms with Crippen LogP contribution in [-0.4, -0.2) is 32.3 Å². The fourth-order valence-corrected chi connectivity index (χ4v) is 2.51. The van der Waals surface area contributed by atoms with E-state index in [1.807, 2.05) is 7.05 Å². The number of aromatic nitrogens is 4. The fraction of sp³-hybridized carbons (Fsp3) is 0.900. The highest BCUT2D eigenvalue weighted by Crippen LogP contribution is 2.35. The second-order valence-electron chi connectivity index (χ2n) is 4.76. The van der Waals surface area contributed by atoms with Gasteiger partial charge >= 0.3 is 0 Å². The molecule has 1 aliphatic carbocycles. The molecule has 0 saturated heterocycles. The topological polar surface area (TPSA) is 81.7 Å². The van der Waals surface area contributed by atoms with Crippen LogP contribution in [0.25, 0.3) is 0 Å². The summed E-state index contributed by atoms with van der Waals surface area (Å²) in [6.07, 6.45) is 4.83. The summed E-state index contributed by atoms with van der Waals surface area (Å²) in [7, 11) is 1.83. The average molecular weight is 224 g/mol. The van der Waals surface area contributed by atoms with Crippen molar-refractivity contribution in [3.63, 3.8) is 0 Å². The van der Waals surface area contributed by atoms with Gasteiger partial charge in [-0.1, -0.05) is 24.9 Å². The molecule has 0 radical (unpaired) electrons. The highest BCUT2D eigenvalue weighted by atomic mass is 15.6. The zero-order valence-electron chi connectivity index (χ0n) is 9.98. The summed E-state index contributed by atoms with van der Waals surface area (Å²) in [6, 6.07) is 0. The number of nitrogens with two attached hydrogens (primary N) is 1. The third-order valence-electron chi connectivity index (χ3n) is 3.80. The minimum atomic E-state index is -0.0409. The zero-order valence-corrected chi connectivity index (χ0v) is 9.98. The Bertz CT molecular complexity index is 349. The normalized spacial score (nSPS) is 30.3. The molecule has 1 saturated carbocycles. The molecular formula is C10H20N6. The minimum absolute atomic E-state index is 0.0409. The summed E-state index contributed by atoms with van der Waals surface area (Å²) in [5.74, 6) is 1.27. The molecule has 1 aliphatic rings. The maximum atomic E-state index is 5.95. The standard InChI is InChI=1S/C10H20N6/c1-8-5-3-4-6-10(8,7-11)12-9-13-14-15-16(9)2/h8H,3-7,11H2,1-2H3,(H,12,13,15). The van der Waals surface area contributed by atoms with Crippen molar-refractivity contribution in [3.05, 3.63) is 0 Å². The SMILES string of the molecule is CC1CCCCC1(CN)Nc1nnnn1C. The molecule has 3 N–H and O–H groups in total. The van der Waals surface area contributed by atoms with Crippen LogP contribution in [0, 0.1) is 5.92 Å². The van der Waals surface area contributed by atoms with Crippen LogP contribution >= 0.6 is 0 Å². The first-order valence-electron chi connectivity index (χ1n) is 5.88. The van der Waals surface area contributed by atoms with Crippen LogP contribution in [0.5, 0.6) is 0 Å². The van der Waals surface area contributed by atoms with Crippen LogP contribution in [0.1, 0.15) is 32.6 Å². The fourth-order valence-electron chi connectivity index (χ4n) is 2.51. The van der Waals surface area contributed by atoms with Gasteiger partial charge in [0.15, 0.2) is 0 Å². The van der Waals surface area contributed by atoms with E-state index >= 15 is 0 Å². The highest BCUT2D eigenvalue weighted by Gasteiger charge is 2.37. The third kappa shape index (κ3) is 1.89. The van der Waals surface area contributed by atoms with E-state index in [2.05, 4.69) is 27.8 Å². The van der Waals surface area contributed by atoms with Crippen LogP contribution in [0.3, 0.4) is 0 Å². The molecule has 2 rings (SSSR count). The van der Waals surface area contributed by atoms with E-state index in [-0.39, 0.29) is 5.54 Å². The Morgan fingerprint density at radius 1 is 1.56 bits per heavy atom. The molecule has 0 aromatic carbocycles. The maximum absolute atomic E-state index is 5.95. The molecule has 16 heavy (non-hydrogen) atoms. The second kappa shape index (κ2) is 4.37. The Labute approximate surface area is 95.6 Å². The van der Waals surface area contributed by atoms with Crippen LogP contribution in [0.4, 0.5) is 5.95 Å². The lowest BCUT2D eigenvalue weighted by Crippen LogP contribution is -2.52. The van der Waals surface area contributed by atoms with Gasteiger partial charge in [0.05, 0.1) is 5.54 Å². The van der Waals surface area contributed by atoms with Crippen molar-refractivity contribution in [2.45, 2.75) is 38.1 Å². The predicted molar refractivity (Wildman–Crippen MR) is 61.8 cm³/mol. The van der Waals surface area contributed by atoms with Crippen LogP contribution in [-0.2, 0) is 7.05 Å². The van der Waals surface area contributed by atoms with E-state index < -0.39 is 0 Å². The van der Waals surface area contributed by atoms with Crippen LogP contribution < -0.4 is 11.1 Å². The molecule has 1 aromatic heterocycles. The summed E-state index contributed by atoms with van der Waals surface area (Å²) in [4.78, 5) is 0. The molecule has 6 nitrogen and oxygen atoms in total. The van der Waals surface area contributed by atoms with Gasteiger partial charge in [-0.15, -0.1) is 0 Å². The summed E-state index contributed by atoms with van der Waals surface area (Å²) >= 11 is 0. The third-order valence-corrected chi connectivity index (χ3v) is 3.80. The molecule has 2 atom stereocenters. The highest BCUT2D eigenvalue weighted by molar-refractivity contribution is 5.29. The Morgan fingerprint density at radius 2 is 2.38 bits per heavy atom. The Kier molecular flexibility index (Phi) is 3.09. The van der Waals surface area contributed by atoms with Crippen molar-refractivity contribution in [1.29, 1.82) is 0 Å². The first kappa shape index (κ1) is 11.3. The number of nitrogens with one attached hydrogen (secondary N) is 1. The first-order valence-corrected chi connectivity index (χ1v) is 5.88. The van der Waals surface area contributed by atoms with E-state index in [0.717, 1.165) is 6.42 Å². The second-order valence-corrected chi connectivity index (χ2v) is 4.76. The average Bonchev–Trinajstić information content (AvgIpc) is 2.68. The lowest BCUT2D eigenvalue weighted by atomic mass is 9.73. The smallest absolute Gasteiger partial charge is 0.243 e. The molecule has 2 unspecified atom stereocenters. The molecule has 1 fully saturated rings. The Hall–Kier alpha value is -1.17. The maximum Gasteiger partial charge on any atom is 0.243 e. The molecule has 0 bridgehead atoms. The number of tetrazole rings is 1. The molecule has 0 amide bonds. The van der Waals surface area contributed by atoms with Gasteiger partial charge in [-0.25, -0.2) is 4.68 Å². The van der Waals surface area contributed by atoms with Crippen molar-refractivity contribution >= 4 is 5.95 Å². The first-order chi connectivity index (χ1) is 7.68. The Balaban J connectivity index is 2.18. The van der Waals surface area contributed by atoms with Gasteiger partial charge in [0.25, 0.3) is 0 Å². The molecule has 1 aromatic rings. The number of anilines is 1. The predicted octanol–water partition coefficient (Wildman–Crippen LogP) is 0.530. The van der Waals surface area contributed by atoms with Gasteiger partial charge in [0.1, 0.15) is 0 Å². The number of hydrogen-bond donors (Lipinski definition) is 2. The molecular weight excluding hydrogens is 204 g/mol. The van der Waals surface area contributed by atoms with Gasteiger partial charge in [0.2, 0.25) is 5.95 Å². The number of hydrogen-bond acceptors (Lipinski definition) is 5. The molecule has 1 heterocycles. The van der Waals surface area contributed by atoms with Gasteiger partial charge in [-0.3, -0.25) is 0 Å². The Morgan fingerprint density at radius 3 is 2.94 bits per heavy atom. The lowest BCUT2D eigenvalue weighted by molar-refractivity contribution is 0.233. The molecule has 6 heteroatoms. The van der Waals surface area contributed by atoms with Crippen molar-refractivity contribution in [3.8, 4) is 0 Å². The van der Waals surface area contributed by atoms with E-state index in [0.29, 0.717) is 18.4 Å². The molecule has 0 aliphatic heterocycles. The van der Waals surface area contributed by atoms with E-state index in [9.17, 15) is 0 Å². The van der Waals surface area contributed by atoms with Crippen molar-refractivity contribution < 1.29 is 0 Å². The quantitative estimate of drug-likeness (QED) is 0.782. The number of rotatable bonds is 3. The van der Waals surface area contributed by atoms with Crippen molar-refractivity contribution in [1.82, 2.24) is 20.2 Å². The van der Waals surface area contributed by atoms with Crippen molar-refractivity contribution in [2.75, 3.05) is 11.9 Å². The largest absolute Gasteiger partial charge is 0.346 e. The van der Waals surface area contributed by atoms with Gasteiger partial charge in [0, 0.05) is 13.6 Å². The summed E-state index contributed by atoms with van der Waals surface area (Å²) in [6.45, 7) is 2.88. The van der Waals surface area contributed by atoms with E-state index in [4.69, 9.17) is 5.73 Å². The zero-order chi connectivity index (χ0) is 11.6. The monoisotopic (exact) mass is 224 g/mol. The van der Waals surface area contributed by atoms with Gasteiger partial charge in [-0.2, -0.15) is 0 Å². The molecule has 0 spiro atoms. The summed E-state index contributed by atoms with van der Waals surface area (Å²) in [5.41, 5.74) is 5.91. The van der Waals surface area contributed by atoms with Crippen LogP contribution in [0.2, 0.25) is 0 Å². The van der Waals surface area contributed by atoms with Crippen LogP contribution in [0.15, 0.2) is 0 Å². The minimum Gasteiger partial charge on any atom is -0.346 e. The summed E-state index contributed by atoms with van der Waals surface area (Å²) < 4.78 is 1.65. The number of aryl methyl sites for hydroxylation is 1. The molecule has 90 valence electrons.